The summed E-state index contributed by atoms with van der Waals surface area (Å²) in [6.07, 6.45) is 5.95. The number of nitrogens with zero attached hydrogens (tertiary/aromatic N) is 3. The molecule has 88 valence electrons. The molecule has 0 saturated carbocycles. The Morgan fingerprint density at radius 1 is 1.18 bits per heavy atom. The number of unbranched alkanes of at least 4 members (excludes halogenated alkanes) is 4. The molecule has 0 spiro atoms. The van der Waals surface area contributed by atoms with Gasteiger partial charge in [-0.1, -0.05) is 55.3 Å². The third-order valence-corrected chi connectivity index (χ3v) is 2.42. The minimum Gasteiger partial charge on any atom is -0.0979 e. The first kappa shape index (κ1) is 13.2. The maximum atomic E-state index is 8.26. The highest BCUT2D eigenvalue weighted by atomic mass is 15.1. The van der Waals surface area contributed by atoms with Crippen molar-refractivity contribution in [1.29, 1.82) is 0 Å². The van der Waals surface area contributed by atoms with Crippen LogP contribution < -0.4 is 0 Å². The van der Waals surface area contributed by atoms with E-state index in [0.717, 1.165) is 12.0 Å². The molecule has 0 aliphatic heterocycles. The molecule has 1 aromatic carbocycles. The van der Waals surface area contributed by atoms with Crippen LogP contribution in [-0.2, 0) is 0 Å². The highest BCUT2D eigenvalue weighted by Gasteiger charge is 1.88. The van der Waals surface area contributed by atoms with Crippen LogP contribution in [-0.4, -0.2) is 0 Å². The van der Waals surface area contributed by atoms with Crippen LogP contribution in [0.15, 0.2) is 29.4 Å². The second kappa shape index (κ2) is 8.27. The van der Waals surface area contributed by atoms with E-state index in [-0.39, 0.29) is 0 Å². The zero-order valence-electron chi connectivity index (χ0n) is 10.2. The summed E-state index contributed by atoms with van der Waals surface area (Å²) in [4.78, 5) is 2.73. The smallest absolute Gasteiger partial charge is 0.0376 e. The predicted molar refractivity (Wildman–Crippen MR) is 70.9 cm³/mol. The molecule has 17 heavy (non-hydrogen) atoms. The van der Waals surface area contributed by atoms with E-state index in [1.807, 2.05) is 12.1 Å². The molecule has 0 heterocycles. The number of hydrogen-bond donors (Lipinski definition) is 0. The van der Waals surface area contributed by atoms with Gasteiger partial charge in [-0.25, -0.2) is 0 Å². The summed E-state index contributed by atoms with van der Waals surface area (Å²) in [6, 6.07) is 7.31. The fourth-order valence-corrected chi connectivity index (χ4v) is 1.47. The van der Waals surface area contributed by atoms with Gasteiger partial charge in [0.25, 0.3) is 0 Å². The lowest BCUT2D eigenvalue weighted by Crippen LogP contribution is -1.75. The van der Waals surface area contributed by atoms with Crippen molar-refractivity contribution in [2.45, 2.75) is 39.0 Å². The topological polar surface area (TPSA) is 48.8 Å². The molecule has 0 amide bonds. The molecule has 0 bridgehead atoms. The fourth-order valence-electron chi connectivity index (χ4n) is 1.47. The van der Waals surface area contributed by atoms with E-state index in [4.69, 9.17) is 5.53 Å². The number of rotatable bonds is 5. The van der Waals surface area contributed by atoms with Gasteiger partial charge < -0.3 is 0 Å². The molecule has 0 unspecified atom stereocenters. The minimum absolute atomic E-state index is 0.626. The van der Waals surface area contributed by atoms with Gasteiger partial charge in [-0.2, -0.15) is 0 Å². The van der Waals surface area contributed by atoms with E-state index in [2.05, 4.69) is 28.8 Å². The molecule has 0 radical (unpaired) electrons. The SMILES string of the molecule is CCCCCCC#Cc1ccc(N=[N+]=[N-])cc1. The van der Waals surface area contributed by atoms with Crippen molar-refractivity contribution in [3.8, 4) is 11.8 Å². The highest BCUT2D eigenvalue weighted by Crippen LogP contribution is 2.12. The Labute approximate surface area is 102 Å². The molecule has 0 saturated heterocycles. The van der Waals surface area contributed by atoms with Crippen molar-refractivity contribution < 1.29 is 0 Å². The normalized spacial score (nSPS) is 9.00. The van der Waals surface area contributed by atoms with E-state index in [1.165, 1.54) is 25.7 Å². The highest BCUT2D eigenvalue weighted by molar-refractivity contribution is 5.44. The maximum absolute atomic E-state index is 8.26. The predicted octanol–water partition coefficient (Wildman–Crippen LogP) is 4.95. The molecule has 0 aliphatic carbocycles. The van der Waals surface area contributed by atoms with E-state index < -0.39 is 0 Å². The summed E-state index contributed by atoms with van der Waals surface area (Å²) in [7, 11) is 0. The maximum Gasteiger partial charge on any atom is 0.0376 e. The molecule has 3 nitrogen and oxygen atoms in total. The van der Waals surface area contributed by atoms with E-state index in [0.29, 0.717) is 5.69 Å². The zero-order chi connectivity index (χ0) is 12.3. The largest absolute Gasteiger partial charge is 0.0979 e. The fraction of sp³-hybridized carbons (Fsp3) is 0.429. The number of hydrogen-bond acceptors (Lipinski definition) is 1. The summed E-state index contributed by atoms with van der Waals surface area (Å²) in [6.45, 7) is 2.21. The van der Waals surface area contributed by atoms with Gasteiger partial charge in [0.05, 0.1) is 0 Å². The number of benzene rings is 1. The van der Waals surface area contributed by atoms with Gasteiger partial charge in [0.2, 0.25) is 0 Å². The Hall–Kier alpha value is -1.91. The quantitative estimate of drug-likeness (QED) is 0.225. The van der Waals surface area contributed by atoms with Crippen molar-refractivity contribution in [3.05, 3.63) is 40.3 Å². The van der Waals surface area contributed by atoms with Crippen LogP contribution in [0.4, 0.5) is 5.69 Å². The molecule has 0 N–H and O–H groups in total. The van der Waals surface area contributed by atoms with Crippen molar-refractivity contribution in [3.63, 3.8) is 0 Å². The van der Waals surface area contributed by atoms with Crippen molar-refractivity contribution in [2.24, 2.45) is 5.11 Å². The summed E-state index contributed by atoms with van der Waals surface area (Å²) in [5, 5.41) is 3.51. The molecule has 1 rings (SSSR count). The Morgan fingerprint density at radius 2 is 1.94 bits per heavy atom. The summed E-state index contributed by atoms with van der Waals surface area (Å²) < 4.78 is 0. The van der Waals surface area contributed by atoms with Crippen molar-refractivity contribution in [2.75, 3.05) is 0 Å². The van der Waals surface area contributed by atoms with Crippen LogP contribution in [0.3, 0.4) is 0 Å². The van der Waals surface area contributed by atoms with Crippen LogP contribution in [0, 0.1) is 11.8 Å². The second-order valence-corrected chi connectivity index (χ2v) is 3.85. The summed E-state index contributed by atoms with van der Waals surface area (Å²) >= 11 is 0. The van der Waals surface area contributed by atoms with Gasteiger partial charge >= 0.3 is 0 Å². The Morgan fingerprint density at radius 3 is 2.59 bits per heavy atom. The first-order valence-electron chi connectivity index (χ1n) is 6.01. The first-order chi connectivity index (χ1) is 8.36. The van der Waals surface area contributed by atoms with Crippen LogP contribution in [0.1, 0.15) is 44.6 Å². The van der Waals surface area contributed by atoms with Gasteiger partial charge in [0.15, 0.2) is 0 Å². The van der Waals surface area contributed by atoms with Gasteiger partial charge in [-0.3, -0.25) is 0 Å². The van der Waals surface area contributed by atoms with Gasteiger partial charge in [-0.05, 0) is 24.1 Å². The van der Waals surface area contributed by atoms with Crippen LogP contribution in [0.2, 0.25) is 0 Å². The van der Waals surface area contributed by atoms with Gasteiger partial charge in [-0.15, -0.1) is 0 Å². The number of azide groups is 1. The van der Waals surface area contributed by atoms with E-state index in [9.17, 15) is 0 Å². The molecule has 0 aromatic heterocycles. The average molecular weight is 227 g/mol. The molecule has 3 heteroatoms. The molecule has 0 aliphatic rings. The average Bonchev–Trinajstić information content (AvgIpc) is 2.36. The summed E-state index contributed by atoms with van der Waals surface area (Å²) in [5.41, 5.74) is 9.86. The lowest BCUT2D eigenvalue weighted by atomic mass is 10.1. The Balaban J connectivity index is 2.41. The third-order valence-electron chi connectivity index (χ3n) is 2.42. The van der Waals surface area contributed by atoms with E-state index in [1.54, 1.807) is 12.1 Å². The third kappa shape index (κ3) is 5.65. The van der Waals surface area contributed by atoms with Crippen LogP contribution >= 0.6 is 0 Å². The van der Waals surface area contributed by atoms with Crippen molar-refractivity contribution >= 4 is 5.69 Å². The van der Waals surface area contributed by atoms with Gasteiger partial charge in [0.1, 0.15) is 0 Å². The zero-order valence-corrected chi connectivity index (χ0v) is 10.2. The van der Waals surface area contributed by atoms with Gasteiger partial charge in [0, 0.05) is 22.6 Å². The van der Waals surface area contributed by atoms with Crippen LogP contribution in [0.25, 0.3) is 10.4 Å². The minimum atomic E-state index is 0.626. The lowest BCUT2D eigenvalue weighted by molar-refractivity contribution is 0.679. The second-order valence-electron chi connectivity index (χ2n) is 3.85. The monoisotopic (exact) mass is 227 g/mol. The first-order valence-corrected chi connectivity index (χ1v) is 6.01. The molecule has 0 fully saturated rings. The van der Waals surface area contributed by atoms with Crippen LogP contribution in [0.5, 0.6) is 0 Å². The molecule has 1 aromatic rings. The molecular weight excluding hydrogens is 210 g/mol. The Kier molecular flexibility index (Phi) is 6.40. The molecular formula is C14H17N3. The lowest BCUT2D eigenvalue weighted by Gasteiger charge is -1.93. The molecule has 0 atom stereocenters. The standard InChI is InChI=1S/C14H17N3/c1-2-3-4-5-6-7-8-13-9-11-14(12-10-13)16-17-15/h9-12H,2-6H2,1H3. The van der Waals surface area contributed by atoms with E-state index >= 15 is 0 Å². The summed E-state index contributed by atoms with van der Waals surface area (Å²) in [5.74, 6) is 6.26. The van der Waals surface area contributed by atoms with Crippen molar-refractivity contribution in [1.82, 2.24) is 0 Å². The Bertz CT molecular complexity index is 431.